The van der Waals surface area contributed by atoms with E-state index in [0.717, 1.165) is 5.69 Å². The number of carbonyl (C=O) groups is 13. The number of benzene rings is 2. The lowest BCUT2D eigenvalue weighted by Gasteiger charge is -2.30. The zero-order valence-electron chi connectivity index (χ0n) is 79.1. The van der Waals surface area contributed by atoms with Crippen LogP contribution < -0.4 is 119 Å². The summed E-state index contributed by atoms with van der Waals surface area (Å²) in [4.78, 5) is 190. The highest BCUT2D eigenvalue weighted by atomic mass is 32.2. The van der Waals surface area contributed by atoms with Gasteiger partial charge in [0.15, 0.2) is 0 Å². The van der Waals surface area contributed by atoms with E-state index < -0.39 is 165 Å². The molecule has 13 atom stereocenters. The number of fused-ring (bicyclic) bond motifs is 1. The maximum absolute atomic E-state index is 14.9. The molecular weight excluding hydrogens is 1660 g/mol. The number of primary amides is 1. The first-order valence-electron chi connectivity index (χ1n) is 46.6. The zero-order chi connectivity index (χ0) is 96.3. The van der Waals surface area contributed by atoms with Gasteiger partial charge in [-0.25, -0.2) is 8.42 Å². The lowest BCUT2D eigenvalue weighted by atomic mass is 9.98. The summed E-state index contributed by atoms with van der Waals surface area (Å²) in [6.45, 7) is 23.8. The van der Waals surface area contributed by atoms with E-state index in [2.05, 4.69) is 68.5 Å². The fraction of sp³-hybridized carbons (Fsp3) is 0.744. The van der Waals surface area contributed by atoms with Gasteiger partial charge in [-0.2, -0.15) is 4.72 Å². The maximum Gasteiger partial charge on any atom is 0.243 e. The quantitative estimate of drug-likeness (QED) is 0.0421. The van der Waals surface area contributed by atoms with E-state index in [0.29, 0.717) is 107 Å². The lowest BCUT2D eigenvalue weighted by molar-refractivity contribution is -0.136. The number of hydrogen-bond donors (Lipinski definition) is 21. The van der Waals surface area contributed by atoms with E-state index in [4.69, 9.17) is 45.9 Å². The molecule has 38 heteroatoms. The number of anilines is 1. The van der Waals surface area contributed by atoms with Crippen LogP contribution in [-0.4, -0.2) is 224 Å². The number of nitrogens with one attached hydrogen (secondary N) is 13. The van der Waals surface area contributed by atoms with Crippen LogP contribution in [0.4, 0.5) is 5.69 Å². The Morgan fingerprint density at radius 2 is 0.453 bits per heavy atom. The molecule has 0 aliphatic carbocycles. The summed E-state index contributed by atoms with van der Waals surface area (Å²) in [5.74, 6) is -11.0. The predicted octanol–water partition coefficient (Wildman–Crippen LogP) is 2.04. The molecule has 0 unspecified atom stereocenters. The highest BCUT2D eigenvalue weighted by molar-refractivity contribution is 7.89. The number of carbonyl (C=O) groups excluding carboxylic acids is 13. The van der Waals surface area contributed by atoms with Crippen molar-refractivity contribution in [3.8, 4) is 0 Å². The van der Waals surface area contributed by atoms with Crippen molar-refractivity contribution in [2.75, 3.05) is 64.8 Å². The molecular formula is C90H164N22O15S. The van der Waals surface area contributed by atoms with Crippen LogP contribution in [0.1, 0.15) is 256 Å². The van der Waals surface area contributed by atoms with Gasteiger partial charge >= 0.3 is 0 Å². The van der Waals surface area contributed by atoms with Crippen LogP contribution in [0.5, 0.6) is 0 Å². The van der Waals surface area contributed by atoms with Gasteiger partial charge < -0.3 is 115 Å². The van der Waals surface area contributed by atoms with Crippen molar-refractivity contribution in [3.63, 3.8) is 0 Å². The number of rotatable bonds is 69. The monoisotopic (exact) mass is 1830 g/mol. The molecule has 37 nitrogen and oxygen atoms in total. The molecule has 0 aromatic heterocycles. The van der Waals surface area contributed by atoms with Gasteiger partial charge in [0.25, 0.3) is 0 Å². The Balaban J connectivity index is 2.59. The van der Waals surface area contributed by atoms with Crippen molar-refractivity contribution in [1.29, 1.82) is 0 Å². The van der Waals surface area contributed by atoms with E-state index in [9.17, 15) is 70.7 Å². The standard InChI is InChI=1S/C90H164N22O15S/c1-55(2)49-70(85(120)99-63(78(98)113)33-15-22-42-91)105-79(114)64(34-16-23-43-92)100-86(121)71(50-56(3)4)106-80(115)65(35-17-24-44-93)101-87(122)72(51-57(5)6)107-81(116)66(36-18-25-45-94)102-88(123)73(52-58(7)8)108-82(117)67(37-19-26-46-95)103-89(124)74(53-59(9)10)109-83(118)68(38-20-27-47-96)104-90(125)75(54-60(11)12)110-84(119)69(39-21-28-48-97)111-128(126,127)77-41-30-31-61-62(77)32-29-40-76(61)112(13)14/h29-32,40-41,55-60,63-75,111H,15-28,33-39,42-54,91-97H2,1-14H3,(H2,98,113)(H,99,120)(H,100,121)(H,101,122)(H,102,123)(H,103,124)(H,104,125)(H,105,114)(H,106,115)(H,107,116)(H,108,117)(H,109,118)(H,110,119)/t63-,64-,65-,66-,67-,68-,69-,70-,71-,72-,73-,74-,75-/m0/s1. The molecule has 0 saturated carbocycles. The molecule has 2 rings (SSSR count). The third-order valence-corrected chi connectivity index (χ3v) is 23.3. The fourth-order valence-electron chi connectivity index (χ4n) is 14.9. The molecule has 0 heterocycles. The van der Waals surface area contributed by atoms with Crippen LogP contribution in [0.25, 0.3) is 10.8 Å². The number of unbranched alkanes of at least 4 members (excludes halogenated alkanes) is 7. The Labute approximate surface area is 761 Å². The van der Waals surface area contributed by atoms with Gasteiger partial charge in [0.1, 0.15) is 78.5 Å². The summed E-state index contributed by atoms with van der Waals surface area (Å²) in [6.07, 6.45) is 6.82. The summed E-state index contributed by atoms with van der Waals surface area (Å²) >= 11 is 0. The van der Waals surface area contributed by atoms with Gasteiger partial charge in [-0.15, -0.1) is 0 Å². The fourth-order valence-corrected chi connectivity index (χ4v) is 16.4. The van der Waals surface area contributed by atoms with Gasteiger partial charge in [0.05, 0.1) is 4.90 Å². The normalized spacial score (nSPS) is 14.8. The molecule has 0 aliphatic heterocycles. The van der Waals surface area contributed by atoms with Crippen molar-refractivity contribution < 1.29 is 70.7 Å². The zero-order valence-corrected chi connectivity index (χ0v) is 79.9. The number of sulfonamides is 1. The smallest absolute Gasteiger partial charge is 0.243 e. The second-order valence-electron chi connectivity index (χ2n) is 36.6. The van der Waals surface area contributed by atoms with Gasteiger partial charge in [0, 0.05) is 30.6 Å². The Hall–Kier alpha value is -8.76. The highest BCUT2D eigenvalue weighted by Gasteiger charge is 2.39. The summed E-state index contributed by atoms with van der Waals surface area (Å²) in [6, 6.07) is -6.31. The first kappa shape index (κ1) is 115. The highest BCUT2D eigenvalue weighted by Crippen LogP contribution is 2.31. The molecule has 0 bridgehead atoms. The molecule has 0 saturated heterocycles. The third-order valence-electron chi connectivity index (χ3n) is 21.7. The average Bonchev–Trinajstić information content (AvgIpc) is 0.770. The van der Waals surface area contributed by atoms with Crippen molar-refractivity contribution >= 4 is 103 Å². The van der Waals surface area contributed by atoms with Crippen molar-refractivity contribution in [2.24, 2.45) is 81.4 Å². The minimum Gasteiger partial charge on any atom is -0.377 e. The maximum atomic E-state index is 14.9. The van der Waals surface area contributed by atoms with Crippen LogP contribution in [0.3, 0.4) is 0 Å². The molecule has 0 fully saturated rings. The topological polar surface area (TPSA) is 624 Å². The number of nitrogens with zero attached hydrogens (tertiary/aromatic N) is 1. The molecule has 0 radical (unpaired) electrons. The molecule has 730 valence electrons. The Kier molecular flexibility index (Phi) is 56.3. The average molecular weight is 1830 g/mol. The van der Waals surface area contributed by atoms with E-state index in [1.807, 2.05) is 114 Å². The first-order chi connectivity index (χ1) is 60.5. The van der Waals surface area contributed by atoms with Crippen LogP contribution >= 0.6 is 0 Å². The summed E-state index contributed by atoms with van der Waals surface area (Å²) in [5, 5.41) is 34.9. The summed E-state index contributed by atoms with van der Waals surface area (Å²) in [5.41, 5.74) is 47.6. The van der Waals surface area contributed by atoms with Crippen LogP contribution in [0.2, 0.25) is 0 Å². The van der Waals surface area contributed by atoms with Crippen molar-refractivity contribution in [1.82, 2.24) is 68.5 Å². The van der Waals surface area contributed by atoms with Gasteiger partial charge in [-0.3, -0.25) is 62.3 Å². The molecule has 2 aromatic rings. The molecule has 128 heavy (non-hydrogen) atoms. The van der Waals surface area contributed by atoms with Crippen LogP contribution in [0.15, 0.2) is 41.3 Å². The molecule has 2 aromatic carbocycles. The summed E-state index contributed by atoms with van der Waals surface area (Å²) < 4.78 is 31.5. The predicted molar refractivity (Wildman–Crippen MR) is 502 cm³/mol. The summed E-state index contributed by atoms with van der Waals surface area (Å²) in [7, 11) is -0.709. The van der Waals surface area contributed by atoms with Crippen molar-refractivity contribution in [2.45, 2.75) is 340 Å². The lowest BCUT2D eigenvalue weighted by Crippen LogP contribution is -2.61. The van der Waals surface area contributed by atoms with Gasteiger partial charge in [-0.1, -0.05) is 114 Å². The van der Waals surface area contributed by atoms with E-state index in [-0.39, 0.29) is 163 Å². The second-order valence-corrected chi connectivity index (χ2v) is 38.3. The van der Waals surface area contributed by atoms with Crippen LogP contribution in [-0.2, 0) is 72.4 Å². The van der Waals surface area contributed by atoms with E-state index in [1.54, 1.807) is 18.2 Å². The number of amides is 13. The minimum absolute atomic E-state index is 0.0231. The van der Waals surface area contributed by atoms with E-state index in [1.165, 1.54) is 6.07 Å². The van der Waals surface area contributed by atoms with Crippen molar-refractivity contribution in [3.05, 3.63) is 36.4 Å². The molecule has 0 spiro atoms. The Bertz CT molecular complexity index is 3850. The molecule has 29 N–H and O–H groups in total. The van der Waals surface area contributed by atoms with Gasteiger partial charge in [-0.05, 0) is 260 Å². The van der Waals surface area contributed by atoms with E-state index >= 15 is 0 Å². The van der Waals surface area contributed by atoms with Crippen LogP contribution in [0, 0.1) is 35.5 Å². The largest absolute Gasteiger partial charge is 0.377 e. The first-order valence-corrected chi connectivity index (χ1v) is 48.1. The minimum atomic E-state index is -4.39. The van der Waals surface area contributed by atoms with Gasteiger partial charge in [0.2, 0.25) is 86.8 Å². The SMILES string of the molecule is CC(C)C[C@H](NC(=O)[C@H](CCCCN)NC(=O)[C@H](CC(C)C)NC(=O)[C@H](CCCCN)NC(=O)[C@H](CC(C)C)NC(=O)[C@H](CCCCN)NC(=O)[C@H](CC(C)C)NC(=O)[C@H](CCCCN)NC(=O)[C@H](CC(C)C)NC(=O)[C@H](CCCCN)NC(=O)[C@H](CC(C)C)NC(=O)[C@H](CCCCN)NS(=O)(=O)c1cccc2c(N(C)C)cccc12)C(=O)N[C@@H](CCCCN)C(N)=O. The second kappa shape index (κ2) is 62.5. The Morgan fingerprint density at radius 3 is 0.672 bits per heavy atom. The molecule has 0 aliphatic rings. The third kappa shape index (κ3) is 44.2. The number of hydrogen-bond acceptors (Lipinski definition) is 23. The number of nitrogens with two attached hydrogens (primary N) is 8. The molecule has 13 amide bonds. The Morgan fingerprint density at radius 1 is 0.266 bits per heavy atom.